The Morgan fingerprint density at radius 3 is 2.47 bits per heavy atom. The van der Waals surface area contributed by atoms with Crippen LogP contribution in [0.5, 0.6) is 0 Å². The highest BCUT2D eigenvalue weighted by atomic mass is 35.5. The lowest BCUT2D eigenvalue weighted by atomic mass is 10.2. The topological polar surface area (TPSA) is 56.6 Å². The van der Waals surface area contributed by atoms with Crippen molar-refractivity contribution in [2.75, 3.05) is 13.1 Å². The number of nitrogens with zero attached hydrogens (tertiary/aromatic N) is 2. The first-order valence-corrected chi connectivity index (χ1v) is 6.13. The standard InChI is InChI=1S/C11H14Cl2N2O2/c1-6-2-8(12)7(11(13)14-6)3-15-4-9(16)10(17)5-15/h2,9-10,16-17H,3-5H2,1H3. The largest absolute Gasteiger partial charge is 0.389 e. The van der Waals surface area contributed by atoms with Gasteiger partial charge >= 0.3 is 0 Å². The Bertz CT molecular complexity index is 395. The molecule has 1 aromatic heterocycles. The van der Waals surface area contributed by atoms with Gasteiger partial charge in [0.2, 0.25) is 0 Å². The van der Waals surface area contributed by atoms with Gasteiger partial charge in [-0.05, 0) is 13.0 Å². The third-order valence-electron chi connectivity index (χ3n) is 2.86. The first-order chi connectivity index (χ1) is 7.97. The highest BCUT2D eigenvalue weighted by Crippen LogP contribution is 2.26. The van der Waals surface area contributed by atoms with Crippen LogP contribution in [0.15, 0.2) is 6.07 Å². The number of pyridine rings is 1. The van der Waals surface area contributed by atoms with Gasteiger partial charge in [-0.1, -0.05) is 23.2 Å². The summed E-state index contributed by atoms with van der Waals surface area (Å²) >= 11 is 12.1. The Labute approximate surface area is 110 Å². The highest BCUT2D eigenvalue weighted by Gasteiger charge is 2.30. The van der Waals surface area contributed by atoms with Gasteiger partial charge in [0.15, 0.2) is 0 Å². The summed E-state index contributed by atoms with van der Waals surface area (Å²) in [4.78, 5) is 6.05. The molecule has 1 aliphatic heterocycles. The van der Waals surface area contributed by atoms with Gasteiger partial charge in [0.1, 0.15) is 5.15 Å². The average Bonchev–Trinajstić information content (AvgIpc) is 2.52. The second-order valence-corrected chi connectivity index (χ2v) is 5.11. The van der Waals surface area contributed by atoms with Gasteiger partial charge in [-0.25, -0.2) is 4.98 Å². The SMILES string of the molecule is Cc1cc(Cl)c(CN2CC(O)C(O)C2)c(Cl)n1. The molecule has 2 rings (SSSR count). The van der Waals surface area contributed by atoms with Crippen LogP contribution in [0, 0.1) is 6.92 Å². The zero-order valence-electron chi connectivity index (χ0n) is 9.40. The van der Waals surface area contributed by atoms with E-state index in [1.54, 1.807) is 6.07 Å². The lowest BCUT2D eigenvalue weighted by molar-refractivity contribution is 0.0572. The summed E-state index contributed by atoms with van der Waals surface area (Å²) in [6, 6.07) is 1.76. The van der Waals surface area contributed by atoms with Crippen LogP contribution in [0.2, 0.25) is 10.2 Å². The van der Waals surface area contributed by atoms with Gasteiger partial charge in [-0.2, -0.15) is 0 Å². The number of aromatic nitrogens is 1. The smallest absolute Gasteiger partial charge is 0.135 e. The average molecular weight is 277 g/mol. The molecule has 6 heteroatoms. The first kappa shape index (κ1) is 13.1. The predicted molar refractivity (Wildman–Crippen MR) is 66.3 cm³/mol. The molecule has 2 atom stereocenters. The number of hydrogen-bond acceptors (Lipinski definition) is 4. The Hall–Kier alpha value is -0.390. The summed E-state index contributed by atoms with van der Waals surface area (Å²) in [5.41, 5.74) is 1.51. The summed E-state index contributed by atoms with van der Waals surface area (Å²) < 4.78 is 0. The Kier molecular flexibility index (Phi) is 3.90. The molecule has 0 saturated carbocycles. The van der Waals surface area contributed by atoms with Crippen LogP contribution in [-0.2, 0) is 6.54 Å². The summed E-state index contributed by atoms with van der Waals surface area (Å²) in [7, 11) is 0. The van der Waals surface area contributed by atoms with Gasteiger partial charge in [-0.15, -0.1) is 0 Å². The lowest BCUT2D eigenvalue weighted by Gasteiger charge is -2.16. The molecule has 2 heterocycles. The molecule has 4 nitrogen and oxygen atoms in total. The highest BCUT2D eigenvalue weighted by molar-refractivity contribution is 6.35. The Morgan fingerprint density at radius 2 is 1.94 bits per heavy atom. The van der Waals surface area contributed by atoms with E-state index in [-0.39, 0.29) is 0 Å². The van der Waals surface area contributed by atoms with Crippen molar-refractivity contribution >= 4 is 23.2 Å². The van der Waals surface area contributed by atoms with Gasteiger partial charge < -0.3 is 10.2 Å². The summed E-state index contributed by atoms with van der Waals surface area (Å²) in [6.45, 7) is 3.15. The molecule has 2 unspecified atom stereocenters. The molecule has 0 radical (unpaired) electrons. The number of likely N-dealkylation sites (tertiary alicyclic amines) is 1. The second kappa shape index (κ2) is 5.08. The molecule has 1 fully saturated rings. The van der Waals surface area contributed by atoms with Crippen molar-refractivity contribution in [1.82, 2.24) is 9.88 Å². The van der Waals surface area contributed by atoms with Crippen molar-refractivity contribution in [2.24, 2.45) is 0 Å². The van der Waals surface area contributed by atoms with E-state index in [0.29, 0.717) is 29.8 Å². The van der Waals surface area contributed by atoms with E-state index in [1.807, 2.05) is 11.8 Å². The van der Waals surface area contributed by atoms with Crippen LogP contribution < -0.4 is 0 Å². The number of hydrogen-bond donors (Lipinski definition) is 2. The third-order valence-corrected chi connectivity index (χ3v) is 3.51. The van der Waals surface area contributed by atoms with Crippen LogP contribution in [0.25, 0.3) is 0 Å². The zero-order chi connectivity index (χ0) is 12.6. The van der Waals surface area contributed by atoms with Crippen molar-refractivity contribution < 1.29 is 10.2 Å². The van der Waals surface area contributed by atoms with Gasteiger partial charge in [0.05, 0.1) is 12.2 Å². The molecule has 1 aromatic rings. The summed E-state index contributed by atoms with van der Waals surface area (Å²) in [5, 5.41) is 19.9. The molecule has 0 spiro atoms. The van der Waals surface area contributed by atoms with E-state index in [2.05, 4.69) is 4.98 Å². The van der Waals surface area contributed by atoms with Gasteiger partial charge in [0.25, 0.3) is 0 Å². The van der Waals surface area contributed by atoms with E-state index < -0.39 is 12.2 Å². The normalized spacial score (nSPS) is 25.5. The lowest BCUT2D eigenvalue weighted by Crippen LogP contribution is -2.22. The number of halogens is 2. The van der Waals surface area contributed by atoms with E-state index in [4.69, 9.17) is 23.2 Å². The number of β-amino-alcohol motifs (C(OH)–C–C–N with tert-alkyl or cyclic N) is 2. The van der Waals surface area contributed by atoms with Crippen LogP contribution in [0.4, 0.5) is 0 Å². The molecule has 17 heavy (non-hydrogen) atoms. The van der Waals surface area contributed by atoms with Crippen LogP contribution in [0.1, 0.15) is 11.3 Å². The molecule has 0 aromatic carbocycles. The number of aliphatic hydroxyl groups excluding tert-OH is 2. The minimum absolute atomic E-state index is 0.380. The van der Waals surface area contributed by atoms with Crippen LogP contribution in [0.3, 0.4) is 0 Å². The Balaban J connectivity index is 2.14. The molecule has 1 aliphatic rings. The van der Waals surface area contributed by atoms with Gasteiger partial charge in [0, 0.05) is 35.9 Å². The maximum Gasteiger partial charge on any atom is 0.135 e. The molecule has 2 N–H and O–H groups in total. The van der Waals surface area contributed by atoms with Crippen LogP contribution >= 0.6 is 23.2 Å². The molecule has 94 valence electrons. The first-order valence-electron chi connectivity index (χ1n) is 5.37. The molecular formula is C11H14Cl2N2O2. The molecule has 0 bridgehead atoms. The van der Waals surface area contributed by atoms with Crippen molar-refractivity contribution in [3.63, 3.8) is 0 Å². The van der Waals surface area contributed by atoms with Crippen molar-refractivity contribution in [1.29, 1.82) is 0 Å². The maximum absolute atomic E-state index is 9.46. The number of aliphatic hydroxyl groups is 2. The fourth-order valence-corrected chi connectivity index (χ4v) is 2.61. The number of rotatable bonds is 2. The van der Waals surface area contributed by atoms with E-state index >= 15 is 0 Å². The third kappa shape index (κ3) is 2.89. The maximum atomic E-state index is 9.46. The fourth-order valence-electron chi connectivity index (χ4n) is 1.96. The zero-order valence-corrected chi connectivity index (χ0v) is 10.9. The minimum atomic E-state index is -0.703. The van der Waals surface area contributed by atoms with Crippen molar-refractivity contribution in [3.8, 4) is 0 Å². The van der Waals surface area contributed by atoms with E-state index in [0.717, 1.165) is 11.3 Å². The fraction of sp³-hybridized carbons (Fsp3) is 0.545. The summed E-state index contributed by atoms with van der Waals surface area (Å²) in [6.07, 6.45) is -1.41. The minimum Gasteiger partial charge on any atom is -0.389 e. The van der Waals surface area contributed by atoms with Crippen molar-refractivity contribution in [2.45, 2.75) is 25.7 Å². The molecule has 1 saturated heterocycles. The molecule has 0 aliphatic carbocycles. The second-order valence-electron chi connectivity index (χ2n) is 4.34. The van der Waals surface area contributed by atoms with E-state index in [9.17, 15) is 10.2 Å². The monoisotopic (exact) mass is 276 g/mol. The van der Waals surface area contributed by atoms with Crippen LogP contribution in [-0.4, -0.2) is 45.4 Å². The summed E-state index contributed by atoms with van der Waals surface area (Å²) in [5.74, 6) is 0. The van der Waals surface area contributed by atoms with Gasteiger partial charge in [-0.3, -0.25) is 4.90 Å². The molecular weight excluding hydrogens is 263 g/mol. The Morgan fingerprint density at radius 1 is 1.35 bits per heavy atom. The van der Waals surface area contributed by atoms with E-state index in [1.165, 1.54) is 0 Å². The predicted octanol–water partition coefficient (Wildman–Crippen LogP) is 1.23. The molecule has 0 amide bonds. The van der Waals surface area contributed by atoms with Crippen molar-refractivity contribution in [3.05, 3.63) is 27.5 Å². The number of aryl methyl sites for hydroxylation is 1. The quantitative estimate of drug-likeness (QED) is 0.798.